The summed E-state index contributed by atoms with van der Waals surface area (Å²) < 4.78 is 0. The number of nitrogens with zero attached hydrogens (tertiary/aromatic N) is 2. The lowest BCUT2D eigenvalue weighted by molar-refractivity contribution is 0.619. The van der Waals surface area contributed by atoms with E-state index in [-0.39, 0.29) is 0 Å². The molecule has 0 bridgehead atoms. The van der Waals surface area contributed by atoms with Crippen LogP contribution in [0.25, 0.3) is 10.9 Å². The summed E-state index contributed by atoms with van der Waals surface area (Å²) in [5, 5.41) is 1.25. The Kier molecular flexibility index (Phi) is 3.15. The maximum atomic E-state index is 5.72. The van der Waals surface area contributed by atoms with E-state index in [2.05, 4.69) is 34.1 Å². The molecule has 1 saturated heterocycles. The molecule has 0 radical (unpaired) electrons. The molecule has 3 nitrogen and oxygen atoms in total. The smallest absolute Gasteiger partial charge is 0.0722 e. The van der Waals surface area contributed by atoms with Crippen molar-refractivity contribution in [3.8, 4) is 0 Å². The molecule has 3 rings (SSSR count). The average molecular weight is 241 g/mol. The second-order valence-corrected chi connectivity index (χ2v) is 4.91. The van der Waals surface area contributed by atoms with E-state index in [4.69, 9.17) is 5.73 Å². The van der Waals surface area contributed by atoms with Crippen molar-refractivity contribution in [3.05, 3.63) is 36.5 Å². The van der Waals surface area contributed by atoms with E-state index in [1.165, 1.54) is 23.9 Å². The largest absolute Gasteiger partial charge is 0.368 e. The highest BCUT2D eigenvalue weighted by atomic mass is 15.2. The Labute approximate surface area is 108 Å². The van der Waals surface area contributed by atoms with Gasteiger partial charge >= 0.3 is 0 Å². The standard InChI is InChI=1S/C15H19N3/c16-9-7-12-4-3-11-18(12)15-8-10-17-14-6-2-1-5-13(14)15/h1-2,5-6,8,10,12H,3-4,7,9,11,16H2. The zero-order valence-electron chi connectivity index (χ0n) is 10.5. The monoisotopic (exact) mass is 241 g/mol. The summed E-state index contributed by atoms with van der Waals surface area (Å²) >= 11 is 0. The third-order valence-corrected chi connectivity index (χ3v) is 3.81. The molecule has 2 heterocycles. The molecule has 18 heavy (non-hydrogen) atoms. The number of rotatable bonds is 3. The number of hydrogen-bond donors (Lipinski definition) is 1. The normalized spacial score (nSPS) is 19.6. The van der Waals surface area contributed by atoms with Crippen LogP contribution in [0, 0.1) is 0 Å². The van der Waals surface area contributed by atoms with Gasteiger partial charge in [-0.1, -0.05) is 18.2 Å². The number of benzene rings is 1. The zero-order chi connectivity index (χ0) is 12.4. The van der Waals surface area contributed by atoms with Gasteiger partial charge in [0.15, 0.2) is 0 Å². The first kappa shape index (κ1) is 11.5. The fourth-order valence-corrected chi connectivity index (χ4v) is 2.98. The van der Waals surface area contributed by atoms with Crippen LogP contribution in [-0.2, 0) is 0 Å². The number of aromatic nitrogens is 1. The molecule has 0 spiro atoms. The van der Waals surface area contributed by atoms with E-state index < -0.39 is 0 Å². The van der Waals surface area contributed by atoms with Gasteiger partial charge in [-0.2, -0.15) is 0 Å². The summed E-state index contributed by atoms with van der Waals surface area (Å²) in [5.74, 6) is 0. The summed E-state index contributed by atoms with van der Waals surface area (Å²) in [6, 6.07) is 11.1. The quantitative estimate of drug-likeness (QED) is 0.898. The van der Waals surface area contributed by atoms with Crippen molar-refractivity contribution in [2.75, 3.05) is 18.0 Å². The Morgan fingerprint density at radius 2 is 2.17 bits per heavy atom. The lowest BCUT2D eigenvalue weighted by atomic mass is 10.1. The fraction of sp³-hybridized carbons (Fsp3) is 0.400. The van der Waals surface area contributed by atoms with Crippen molar-refractivity contribution in [2.45, 2.75) is 25.3 Å². The van der Waals surface area contributed by atoms with Crippen molar-refractivity contribution in [1.82, 2.24) is 4.98 Å². The molecule has 1 aromatic carbocycles. The van der Waals surface area contributed by atoms with E-state index in [1.54, 1.807) is 0 Å². The Hall–Kier alpha value is -1.61. The van der Waals surface area contributed by atoms with Gasteiger partial charge in [0, 0.05) is 29.9 Å². The second-order valence-electron chi connectivity index (χ2n) is 4.91. The van der Waals surface area contributed by atoms with Gasteiger partial charge in [-0.3, -0.25) is 4.98 Å². The molecule has 0 aliphatic carbocycles. The third kappa shape index (κ3) is 1.95. The van der Waals surface area contributed by atoms with Crippen LogP contribution in [0.3, 0.4) is 0 Å². The Morgan fingerprint density at radius 3 is 3.06 bits per heavy atom. The molecule has 0 amide bonds. The maximum Gasteiger partial charge on any atom is 0.0722 e. The van der Waals surface area contributed by atoms with E-state index in [9.17, 15) is 0 Å². The highest BCUT2D eigenvalue weighted by Crippen LogP contribution is 2.32. The molecule has 0 saturated carbocycles. The minimum absolute atomic E-state index is 0.598. The Bertz CT molecular complexity index is 533. The van der Waals surface area contributed by atoms with Crippen LogP contribution in [0.5, 0.6) is 0 Å². The molecular weight excluding hydrogens is 222 g/mol. The van der Waals surface area contributed by atoms with E-state index >= 15 is 0 Å². The van der Waals surface area contributed by atoms with Gasteiger partial charge in [-0.25, -0.2) is 0 Å². The summed E-state index contributed by atoms with van der Waals surface area (Å²) in [6.07, 6.45) is 5.52. The number of pyridine rings is 1. The highest BCUT2D eigenvalue weighted by molar-refractivity contribution is 5.91. The molecule has 1 aliphatic heterocycles. The van der Waals surface area contributed by atoms with Crippen LogP contribution in [0.4, 0.5) is 5.69 Å². The highest BCUT2D eigenvalue weighted by Gasteiger charge is 2.25. The average Bonchev–Trinajstić information content (AvgIpc) is 2.87. The summed E-state index contributed by atoms with van der Waals surface area (Å²) in [5.41, 5.74) is 8.12. The molecule has 1 aliphatic rings. The Balaban J connectivity index is 2.03. The van der Waals surface area contributed by atoms with Crippen molar-refractivity contribution in [3.63, 3.8) is 0 Å². The van der Waals surface area contributed by atoms with E-state index in [0.29, 0.717) is 6.04 Å². The summed E-state index contributed by atoms with van der Waals surface area (Å²) in [7, 11) is 0. The minimum Gasteiger partial charge on any atom is -0.368 e. The van der Waals surface area contributed by atoms with Crippen molar-refractivity contribution in [1.29, 1.82) is 0 Å². The van der Waals surface area contributed by atoms with Gasteiger partial charge in [0.1, 0.15) is 0 Å². The lowest BCUT2D eigenvalue weighted by Crippen LogP contribution is -2.31. The molecule has 3 heteroatoms. The minimum atomic E-state index is 0.598. The lowest BCUT2D eigenvalue weighted by Gasteiger charge is -2.27. The predicted molar refractivity (Wildman–Crippen MR) is 75.8 cm³/mol. The predicted octanol–water partition coefficient (Wildman–Crippen LogP) is 2.55. The topological polar surface area (TPSA) is 42.1 Å². The Morgan fingerprint density at radius 1 is 1.28 bits per heavy atom. The van der Waals surface area contributed by atoms with Crippen LogP contribution in [0.2, 0.25) is 0 Å². The van der Waals surface area contributed by atoms with Gasteiger partial charge < -0.3 is 10.6 Å². The molecule has 1 aromatic heterocycles. The van der Waals surface area contributed by atoms with Crippen molar-refractivity contribution in [2.24, 2.45) is 5.73 Å². The number of hydrogen-bond acceptors (Lipinski definition) is 3. The van der Waals surface area contributed by atoms with Crippen molar-refractivity contribution < 1.29 is 0 Å². The maximum absolute atomic E-state index is 5.72. The first-order chi connectivity index (χ1) is 8.90. The van der Waals surface area contributed by atoms with E-state index in [1.807, 2.05) is 12.3 Å². The van der Waals surface area contributed by atoms with Crippen LogP contribution in [0.1, 0.15) is 19.3 Å². The van der Waals surface area contributed by atoms with Gasteiger partial charge in [-0.05, 0) is 37.9 Å². The first-order valence-electron chi connectivity index (χ1n) is 6.70. The van der Waals surface area contributed by atoms with Gasteiger partial charge in [0.25, 0.3) is 0 Å². The number of nitrogens with two attached hydrogens (primary N) is 1. The number of para-hydroxylation sites is 1. The third-order valence-electron chi connectivity index (χ3n) is 3.81. The SMILES string of the molecule is NCCC1CCCN1c1ccnc2ccccc12. The van der Waals surface area contributed by atoms with Gasteiger partial charge in [0.05, 0.1) is 5.52 Å². The van der Waals surface area contributed by atoms with E-state index in [0.717, 1.165) is 25.0 Å². The second kappa shape index (κ2) is 4.94. The first-order valence-corrected chi connectivity index (χ1v) is 6.70. The van der Waals surface area contributed by atoms with Gasteiger partial charge in [-0.15, -0.1) is 0 Å². The molecule has 1 atom stereocenters. The zero-order valence-corrected chi connectivity index (χ0v) is 10.5. The van der Waals surface area contributed by atoms with Crippen LogP contribution >= 0.6 is 0 Å². The fourth-order valence-electron chi connectivity index (χ4n) is 2.98. The molecule has 2 N–H and O–H groups in total. The molecular formula is C15H19N3. The summed E-state index contributed by atoms with van der Waals surface area (Å²) in [4.78, 5) is 6.94. The number of fused-ring (bicyclic) bond motifs is 1. The van der Waals surface area contributed by atoms with Crippen LogP contribution in [0.15, 0.2) is 36.5 Å². The molecule has 1 fully saturated rings. The molecule has 1 unspecified atom stereocenters. The molecule has 94 valence electrons. The molecule has 2 aromatic rings. The summed E-state index contributed by atoms with van der Waals surface area (Å²) in [6.45, 7) is 1.91. The van der Waals surface area contributed by atoms with Crippen LogP contribution < -0.4 is 10.6 Å². The van der Waals surface area contributed by atoms with Gasteiger partial charge in [0.2, 0.25) is 0 Å². The number of anilines is 1. The van der Waals surface area contributed by atoms with Crippen LogP contribution in [-0.4, -0.2) is 24.1 Å². The van der Waals surface area contributed by atoms with Crippen molar-refractivity contribution >= 4 is 16.6 Å².